The molecule has 2 atom stereocenters. The average Bonchev–Trinajstić information content (AvgIpc) is 3.27. The second-order valence-electron chi connectivity index (χ2n) is 7.51. The zero-order chi connectivity index (χ0) is 21.5. The molecular formula is C20H22FN5O3S. The number of hydrogen-bond donors (Lipinski definition) is 3. The lowest BCUT2D eigenvalue weighted by atomic mass is 10.1. The number of anilines is 2. The first-order valence-electron chi connectivity index (χ1n) is 9.51. The summed E-state index contributed by atoms with van der Waals surface area (Å²) < 4.78 is 40.9. The Hall–Kier alpha value is -3.14. The van der Waals surface area contributed by atoms with E-state index in [1.807, 2.05) is 6.07 Å². The Morgan fingerprint density at radius 1 is 1.23 bits per heavy atom. The summed E-state index contributed by atoms with van der Waals surface area (Å²) in [5, 5.41) is 7.43. The minimum absolute atomic E-state index is 0.207. The van der Waals surface area contributed by atoms with E-state index in [1.165, 1.54) is 6.20 Å². The molecule has 0 aliphatic heterocycles. The Balaban J connectivity index is 1.73. The Kier molecular flexibility index (Phi) is 5.10. The number of hydrogen-bond acceptors (Lipinski definition) is 5. The molecule has 4 rings (SSSR count). The van der Waals surface area contributed by atoms with Gasteiger partial charge in [0.05, 0.1) is 35.3 Å². The quantitative estimate of drug-likeness (QED) is 0.555. The van der Waals surface area contributed by atoms with Gasteiger partial charge in [0, 0.05) is 17.4 Å². The van der Waals surface area contributed by atoms with Crippen LogP contribution in [0.15, 0.2) is 42.7 Å². The number of benzene rings is 1. The van der Waals surface area contributed by atoms with Gasteiger partial charge < -0.3 is 11.1 Å². The van der Waals surface area contributed by atoms with Gasteiger partial charge in [0.2, 0.25) is 10.0 Å². The second-order valence-corrected chi connectivity index (χ2v) is 9.25. The zero-order valence-electron chi connectivity index (χ0n) is 16.3. The lowest BCUT2D eigenvalue weighted by Gasteiger charge is -2.19. The number of rotatable bonds is 6. The molecule has 1 fully saturated rings. The van der Waals surface area contributed by atoms with Gasteiger partial charge in [0.15, 0.2) is 0 Å². The molecule has 0 bridgehead atoms. The molecule has 4 N–H and O–H groups in total. The molecule has 1 aromatic carbocycles. The molecule has 10 heteroatoms. The van der Waals surface area contributed by atoms with Crippen LogP contribution >= 0.6 is 0 Å². The van der Waals surface area contributed by atoms with Crippen molar-refractivity contribution in [1.29, 1.82) is 0 Å². The van der Waals surface area contributed by atoms with E-state index in [-0.39, 0.29) is 11.6 Å². The Bertz CT molecular complexity index is 1210. The van der Waals surface area contributed by atoms with Gasteiger partial charge in [-0.15, -0.1) is 0 Å². The van der Waals surface area contributed by atoms with Crippen LogP contribution in [-0.4, -0.2) is 42.4 Å². The van der Waals surface area contributed by atoms with Crippen LogP contribution in [0.5, 0.6) is 0 Å². The molecule has 0 spiro atoms. The first-order chi connectivity index (χ1) is 14.2. The Labute approximate surface area is 173 Å². The fourth-order valence-corrected chi connectivity index (χ4v) is 4.32. The van der Waals surface area contributed by atoms with E-state index in [4.69, 9.17) is 5.73 Å². The molecule has 2 heterocycles. The zero-order valence-corrected chi connectivity index (χ0v) is 17.1. The Morgan fingerprint density at radius 3 is 2.57 bits per heavy atom. The van der Waals surface area contributed by atoms with Gasteiger partial charge in [-0.05, 0) is 43.0 Å². The summed E-state index contributed by atoms with van der Waals surface area (Å²) in [5.74, 6) is -0.639. The van der Waals surface area contributed by atoms with Crippen LogP contribution in [0.4, 0.5) is 15.8 Å². The SMILES string of the molecule is CS(=O)(=O)Nc1ccc(-c2cc3c(N[C@@H]4CCC[C@@H]4F)c(C(N)=O)cnn3c2)cc1. The van der Waals surface area contributed by atoms with Crippen molar-refractivity contribution in [2.75, 3.05) is 16.3 Å². The van der Waals surface area contributed by atoms with Gasteiger partial charge in [0.1, 0.15) is 6.17 Å². The molecule has 8 nitrogen and oxygen atoms in total. The molecule has 1 aliphatic rings. The molecule has 3 aromatic rings. The highest BCUT2D eigenvalue weighted by Gasteiger charge is 2.29. The molecular weight excluding hydrogens is 409 g/mol. The van der Waals surface area contributed by atoms with E-state index in [9.17, 15) is 17.6 Å². The molecule has 30 heavy (non-hydrogen) atoms. The summed E-state index contributed by atoms with van der Waals surface area (Å²) in [5.41, 5.74) is 8.90. The molecule has 2 aromatic heterocycles. The third-order valence-corrected chi connectivity index (χ3v) is 5.79. The van der Waals surface area contributed by atoms with Crippen molar-refractivity contribution in [3.63, 3.8) is 0 Å². The summed E-state index contributed by atoms with van der Waals surface area (Å²) in [6.45, 7) is 0. The van der Waals surface area contributed by atoms with Crippen LogP contribution in [0.3, 0.4) is 0 Å². The van der Waals surface area contributed by atoms with Crippen molar-refractivity contribution in [3.05, 3.63) is 48.3 Å². The standard InChI is InChI=1S/C20H22FN5O3S/c1-30(28,29)25-14-7-5-12(6-8-14)13-9-18-19(24-17-4-2-3-16(17)21)15(20(22)27)10-23-26(18)11-13/h5-11,16-17,24-25H,2-4H2,1H3,(H2,22,27)/t16-,17+/m0/s1. The number of nitrogens with one attached hydrogen (secondary N) is 2. The number of fused-ring (bicyclic) bond motifs is 1. The fraction of sp³-hybridized carbons (Fsp3) is 0.300. The number of alkyl halides is 1. The fourth-order valence-electron chi connectivity index (χ4n) is 3.76. The van der Waals surface area contributed by atoms with Crippen LogP contribution < -0.4 is 15.8 Å². The molecule has 158 valence electrons. The van der Waals surface area contributed by atoms with Gasteiger partial charge in [-0.2, -0.15) is 5.10 Å². The van der Waals surface area contributed by atoms with Crippen molar-refractivity contribution in [3.8, 4) is 11.1 Å². The minimum atomic E-state index is -3.36. The topological polar surface area (TPSA) is 119 Å². The predicted octanol–water partition coefficient (Wildman–Crippen LogP) is 2.77. The van der Waals surface area contributed by atoms with Gasteiger partial charge in [0.25, 0.3) is 5.91 Å². The number of amides is 1. The number of nitrogens with two attached hydrogens (primary N) is 1. The molecule has 0 saturated heterocycles. The van der Waals surface area contributed by atoms with Crippen molar-refractivity contribution < 1.29 is 17.6 Å². The van der Waals surface area contributed by atoms with Crippen LogP contribution in [0.2, 0.25) is 0 Å². The van der Waals surface area contributed by atoms with Crippen molar-refractivity contribution in [1.82, 2.24) is 9.61 Å². The lowest BCUT2D eigenvalue weighted by Crippen LogP contribution is -2.27. The normalized spacial score (nSPS) is 19.1. The van der Waals surface area contributed by atoms with E-state index < -0.39 is 22.1 Å². The smallest absolute Gasteiger partial charge is 0.252 e. The van der Waals surface area contributed by atoms with Gasteiger partial charge in [-0.25, -0.2) is 17.3 Å². The summed E-state index contributed by atoms with van der Waals surface area (Å²) in [7, 11) is -3.36. The van der Waals surface area contributed by atoms with E-state index in [0.717, 1.165) is 23.8 Å². The van der Waals surface area contributed by atoms with E-state index in [1.54, 1.807) is 35.0 Å². The van der Waals surface area contributed by atoms with Crippen LogP contribution in [0.25, 0.3) is 16.6 Å². The highest BCUT2D eigenvalue weighted by atomic mass is 32.2. The minimum Gasteiger partial charge on any atom is -0.377 e. The van der Waals surface area contributed by atoms with Crippen molar-refractivity contribution in [2.45, 2.75) is 31.5 Å². The number of nitrogens with zero attached hydrogens (tertiary/aromatic N) is 2. The third kappa shape index (κ3) is 4.09. The highest BCUT2D eigenvalue weighted by molar-refractivity contribution is 7.92. The van der Waals surface area contributed by atoms with Crippen molar-refractivity contribution in [2.24, 2.45) is 5.73 Å². The van der Waals surface area contributed by atoms with Crippen LogP contribution in [-0.2, 0) is 10.0 Å². The molecule has 0 unspecified atom stereocenters. The second kappa shape index (κ2) is 7.60. The maximum Gasteiger partial charge on any atom is 0.252 e. The summed E-state index contributed by atoms with van der Waals surface area (Å²) in [6.07, 6.45) is 5.22. The lowest BCUT2D eigenvalue weighted by molar-refractivity contribution is 0.100. The number of carbonyl (C=O) groups excluding carboxylic acids is 1. The van der Waals surface area contributed by atoms with Gasteiger partial charge in [-0.1, -0.05) is 12.1 Å². The predicted molar refractivity (Wildman–Crippen MR) is 114 cm³/mol. The van der Waals surface area contributed by atoms with Crippen LogP contribution in [0.1, 0.15) is 29.6 Å². The van der Waals surface area contributed by atoms with Gasteiger partial charge >= 0.3 is 0 Å². The first-order valence-corrected chi connectivity index (χ1v) is 11.4. The summed E-state index contributed by atoms with van der Waals surface area (Å²) >= 11 is 0. The molecule has 0 radical (unpaired) electrons. The van der Waals surface area contributed by atoms with E-state index >= 15 is 0 Å². The maximum absolute atomic E-state index is 14.2. The van der Waals surface area contributed by atoms with E-state index in [0.29, 0.717) is 29.7 Å². The summed E-state index contributed by atoms with van der Waals surface area (Å²) in [4.78, 5) is 11.9. The first kappa shape index (κ1) is 20.1. The molecule has 1 saturated carbocycles. The van der Waals surface area contributed by atoms with Gasteiger partial charge in [-0.3, -0.25) is 9.52 Å². The largest absolute Gasteiger partial charge is 0.377 e. The van der Waals surface area contributed by atoms with E-state index in [2.05, 4.69) is 15.1 Å². The monoisotopic (exact) mass is 431 g/mol. The number of aromatic nitrogens is 2. The number of sulfonamides is 1. The number of halogens is 1. The number of carbonyl (C=O) groups is 1. The van der Waals surface area contributed by atoms with Crippen molar-refractivity contribution >= 4 is 32.8 Å². The third-order valence-electron chi connectivity index (χ3n) is 5.19. The van der Waals surface area contributed by atoms with Crippen LogP contribution in [0, 0.1) is 0 Å². The highest BCUT2D eigenvalue weighted by Crippen LogP contribution is 2.32. The summed E-state index contributed by atoms with van der Waals surface area (Å²) in [6, 6.07) is 8.33. The maximum atomic E-state index is 14.2. The molecule has 1 aliphatic carbocycles. The number of primary amides is 1. The Morgan fingerprint density at radius 2 is 1.97 bits per heavy atom. The molecule has 1 amide bonds. The average molecular weight is 431 g/mol.